The average molecular weight is 348 g/mol. The van der Waals surface area contributed by atoms with E-state index in [-0.39, 0.29) is 6.03 Å². The van der Waals surface area contributed by atoms with Crippen molar-refractivity contribution in [3.05, 3.63) is 48.4 Å². The lowest BCUT2D eigenvalue weighted by molar-refractivity contribution is 0.252. The number of anilines is 1. The van der Waals surface area contributed by atoms with E-state index in [9.17, 15) is 4.79 Å². The number of urea groups is 1. The second-order valence-electron chi connectivity index (χ2n) is 5.24. The minimum absolute atomic E-state index is 0.201. The van der Waals surface area contributed by atoms with Gasteiger partial charge in [0.2, 0.25) is 0 Å². The van der Waals surface area contributed by atoms with Gasteiger partial charge in [0.25, 0.3) is 0 Å². The molecule has 0 aliphatic carbocycles. The van der Waals surface area contributed by atoms with Crippen molar-refractivity contribution >= 4 is 23.5 Å². The van der Waals surface area contributed by atoms with Crippen LogP contribution >= 0.6 is 11.8 Å². The summed E-state index contributed by atoms with van der Waals surface area (Å²) < 4.78 is 10.8. The van der Waals surface area contributed by atoms with Crippen LogP contribution in [-0.4, -0.2) is 24.9 Å². The number of hydrogen-bond acceptors (Lipinski definition) is 4. The highest BCUT2D eigenvalue weighted by Gasteiger charge is 2.02. The molecule has 0 spiro atoms. The van der Waals surface area contributed by atoms with Crippen molar-refractivity contribution in [3.8, 4) is 5.75 Å². The van der Waals surface area contributed by atoms with Gasteiger partial charge < -0.3 is 19.8 Å². The minimum Gasteiger partial charge on any atom is -0.494 e. The average Bonchev–Trinajstić information content (AvgIpc) is 3.10. The van der Waals surface area contributed by atoms with Crippen LogP contribution in [0.15, 0.2) is 47.1 Å². The van der Waals surface area contributed by atoms with Gasteiger partial charge in [-0.05, 0) is 42.8 Å². The molecule has 0 radical (unpaired) electrons. The predicted octanol–water partition coefficient (Wildman–Crippen LogP) is 4.51. The summed E-state index contributed by atoms with van der Waals surface area (Å²) in [5.41, 5.74) is 0.749. The highest BCUT2D eigenvalue weighted by molar-refractivity contribution is 7.98. The highest BCUT2D eigenvalue weighted by atomic mass is 32.2. The number of ether oxygens (including phenoxy) is 1. The smallest absolute Gasteiger partial charge is 0.319 e. The van der Waals surface area contributed by atoms with Crippen molar-refractivity contribution in [2.24, 2.45) is 0 Å². The molecule has 0 bridgehead atoms. The Labute approximate surface area is 147 Å². The number of nitrogens with one attached hydrogen (secondary N) is 2. The van der Waals surface area contributed by atoms with Crippen molar-refractivity contribution < 1.29 is 13.9 Å². The van der Waals surface area contributed by atoms with Gasteiger partial charge in [-0.1, -0.05) is 13.3 Å². The van der Waals surface area contributed by atoms with Crippen LogP contribution in [0.25, 0.3) is 0 Å². The first-order chi connectivity index (χ1) is 11.8. The molecule has 0 saturated carbocycles. The summed E-state index contributed by atoms with van der Waals surface area (Å²) in [4.78, 5) is 11.8. The van der Waals surface area contributed by atoms with E-state index >= 15 is 0 Å². The molecule has 0 unspecified atom stereocenters. The second kappa shape index (κ2) is 10.6. The zero-order chi connectivity index (χ0) is 17.0. The van der Waals surface area contributed by atoms with Crippen molar-refractivity contribution in [2.75, 3.05) is 24.2 Å². The molecule has 0 aliphatic heterocycles. The Balaban J connectivity index is 1.59. The molecule has 2 aromatic rings. The Hall–Kier alpha value is -2.08. The number of rotatable bonds is 10. The molecule has 2 amide bonds. The molecule has 2 rings (SSSR count). The normalized spacial score (nSPS) is 10.4. The quantitative estimate of drug-likeness (QED) is 0.620. The first-order valence-corrected chi connectivity index (χ1v) is 9.31. The van der Waals surface area contributed by atoms with E-state index in [1.54, 1.807) is 18.0 Å². The molecule has 0 atom stereocenters. The summed E-state index contributed by atoms with van der Waals surface area (Å²) in [5.74, 6) is 3.42. The zero-order valence-corrected chi connectivity index (χ0v) is 14.7. The van der Waals surface area contributed by atoms with Crippen LogP contribution in [0, 0.1) is 0 Å². The van der Waals surface area contributed by atoms with Gasteiger partial charge in [-0.15, -0.1) is 0 Å². The van der Waals surface area contributed by atoms with Crippen LogP contribution in [0.4, 0.5) is 10.5 Å². The van der Waals surface area contributed by atoms with Crippen LogP contribution in [0.2, 0.25) is 0 Å². The van der Waals surface area contributed by atoms with Gasteiger partial charge >= 0.3 is 6.03 Å². The fraction of sp³-hybridized carbons (Fsp3) is 0.389. The SMILES string of the molecule is CCCCOc1ccc(NC(=O)NCCSCc2ccco2)cc1. The first-order valence-electron chi connectivity index (χ1n) is 8.16. The Morgan fingerprint density at radius 3 is 2.79 bits per heavy atom. The van der Waals surface area contributed by atoms with E-state index in [4.69, 9.17) is 9.15 Å². The van der Waals surface area contributed by atoms with Gasteiger partial charge in [0, 0.05) is 18.0 Å². The van der Waals surface area contributed by atoms with Crippen molar-refractivity contribution in [2.45, 2.75) is 25.5 Å². The number of carbonyl (C=O) groups excluding carboxylic acids is 1. The fourth-order valence-corrected chi connectivity index (χ4v) is 2.70. The van der Waals surface area contributed by atoms with Gasteiger partial charge in [0.15, 0.2) is 0 Å². The first kappa shape index (κ1) is 18.3. The number of amides is 2. The lowest BCUT2D eigenvalue weighted by Gasteiger charge is -2.09. The predicted molar refractivity (Wildman–Crippen MR) is 98.7 cm³/mol. The number of carbonyl (C=O) groups is 1. The Morgan fingerprint density at radius 2 is 2.08 bits per heavy atom. The number of unbranched alkanes of at least 4 members (excludes halogenated alkanes) is 1. The van der Waals surface area contributed by atoms with E-state index < -0.39 is 0 Å². The highest BCUT2D eigenvalue weighted by Crippen LogP contribution is 2.16. The number of benzene rings is 1. The Bertz CT molecular complexity index is 585. The standard InChI is InChI=1S/C18H24N2O3S/c1-2-3-11-22-16-8-6-15(7-9-16)20-18(21)19-10-13-24-14-17-5-4-12-23-17/h4-9,12H,2-3,10-11,13-14H2,1H3,(H2,19,20,21). The molecular weight excluding hydrogens is 324 g/mol. The largest absolute Gasteiger partial charge is 0.494 e. The molecule has 2 N–H and O–H groups in total. The molecule has 1 aromatic carbocycles. The van der Waals surface area contributed by atoms with Crippen molar-refractivity contribution in [1.82, 2.24) is 5.32 Å². The third-order valence-corrected chi connectivity index (χ3v) is 4.22. The lowest BCUT2D eigenvalue weighted by Crippen LogP contribution is -2.30. The van der Waals surface area contributed by atoms with Crippen LogP contribution in [-0.2, 0) is 5.75 Å². The summed E-state index contributed by atoms with van der Waals surface area (Å²) in [7, 11) is 0. The van der Waals surface area contributed by atoms with Crippen LogP contribution < -0.4 is 15.4 Å². The summed E-state index contributed by atoms with van der Waals surface area (Å²) in [6, 6.07) is 11.0. The number of furan rings is 1. The second-order valence-corrected chi connectivity index (χ2v) is 6.34. The topological polar surface area (TPSA) is 63.5 Å². The lowest BCUT2D eigenvalue weighted by atomic mass is 10.3. The van der Waals surface area contributed by atoms with Gasteiger partial charge in [-0.25, -0.2) is 4.79 Å². The maximum absolute atomic E-state index is 11.8. The van der Waals surface area contributed by atoms with Gasteiger partial charge in [-0.3, -0.25) is 0 Å². The van der Waals surface area contributed by atoms with Crippen molar-refractivity contribution in [3.63, 3.8) is 0 Å². The number of thioether (sulfide) groups is 1. The molecule has 1 aromatic heterocycles. The number of hydrogen-bond donors (Lipinski definition) is 2. The monoisotopic (exact) mass is 348 g/mol. The maximum Gasteiger partial charge on any atom is 0.319 e. The van der Waals surface area contributed by atoms with Crippen molar-refractivity contribution in [1.29, 1.82) is 0 Å². The third kappa shape index (κ3) is 7.00. The van der Waals surface area contributed by atoms with Gasteiger partial charge in [-0.2, -0.15) is 11.8 Å². The van der Waals surface area contributed by atoms with E-state index in [2.05, 4.69) is 17.6 Å². The van der Waals surface area contributed by atoms with Crippen LogP contribution in [0.1, 0.15) is 25.5 Å². The third-order valence-electron chi connectivity index (χ3n) is 3.24. The molecule has 0 aliphatic rings. The molecule has 0 saturated heterocycles. The maximum atomic E-state index is 11.8. The van der Waals surface area contributed by atoms with Crippen LogP contribution in [0.5, 0.6) is 5.75 Å². The summed E-state index contributed by atoms with van der Waals surface area (Å²) in [6.07, 6.45) is 3.82. The zero-order valence-electron chi connectivity index (χ0n) is 13.9. The molecule has 24 heavy (non-hydrogen) atoms. The molecule has 0 fully saturated rings. The summed E-state index contributed by atoms with van der Waals surface area (Å²) in [6.45, 7) is 3.46. The summed E-state index contributed by atoms with van der Waals surface area (Å²) >= 11 is 1.72. The van der Waals surface area contributed by atoms with E-state index in [1.807, 2.05) is 36.4 Å². The van der Waals surface area contributed by atoms with E-state index in [0.29, 0.717) is 6.54 Å². The molecular formula is C18H24N2O3S. The van der Waals surface area contributed by atoms with E-state index in [1.165, 1.54) is 0 Å². The summed E-state index contributed by atoms with van der Waals surface area (Å²) in [5, 5.41) is 5.64. The Kier molecular flexibility index (Phi) is 8.10. The Morgan fingerprint density at radius 1 is 1.25 bits per heavy atom. The van der Waals surface area contributed by atoms with Gasteiger partial charge in [0.1, 0.15) is 11.5 Å². The molecule has 130 valence electrons. The minimum atomic E-state index is -0.201. The van der Waals surface area contributed by atoms with Gasteiger partial charge in [0.05, 0.1) is 18.6 Å². The molecule has 1 heterocycles. The van der Waals surface area contributed by atoms with Crippen LogP contribution in [0.3, 0.4) is 0 Å². The molecule has 5 nitrogen and oxygen atoms in total. The molecule has 6 heteroatoms. The fourth-order valence-electron chi connectivity index (χ4n) is 1.95. The van der Waals surface area contributed by atoms with E-state index in [0.717, 1.165) is 48.2 Å².